The number of hydrogen-bond acceptors (Lipinski definition) is 3. The molecule has 0 saturated carbocycles. The summed E-state index contributed by atoms with van der Waals surface area (Å²) < 4.78 is 5.23. The molecule has 1 fully saturated rings. The summed E-state index contributed by atoms with van der Waals surface area (Å²) in [6, 6.07) is 1.04. The summed E-state index contributed by atoms with van der Waals surface area (Å²) in [7, 11) is 0. The van der Waals surface area contributed by atoms with Crippen molar-refractivity contribution in [3.05, 3.63) is 0 Å². The molecule has 0 aromatic heterocycles. The van der Waals surface area contributed by atoms with Crippen LogP contribution in [0.15, 0.2) is 0 Å². The van der Waals surface area contributed by atoms with Crippen LogP contribution in [0.5, 0.6) is 0 Å². The molecule has 1 aliphatic heterocycles. The van der Waals surface area contributed by atoms with Crippen molar-refractivity contribution < 1.29 is 9.53 Å². The molecule has 5 heteroatoms. The quantitative estimate of drug-likeness (QED) is 0.803. The van der Waals surface area contributed by atoms with E-state index in [1.54, 1.807) is 0 Å². The fourth-order valence-electron chi connectivity index (χ4n) is 2.28. The second-order valence-corrected chi connectivity index (χ2v) is 5.26. The van der Waals surface area contributed by atoms with Gasteiger partial charge in [0.25, 0.3) is 0 Å². The number of carbonyl (C=O) groups is 1. The molecule has 0 aromatic carbocycles. The highest BCUT2D eigenvalue weighted by molar-refractivity contribution is 5.74. The normalized spacial score (nSPS) is 16.7. The van der Waals surface area contributed by atoms with Crippen molar-refractivity contribution in [1.29, 1.82) is 0 Å². The Kier molecular flexibility index (Phi) is 6.43. The van der Waals surface area contributed by atoms with E-state index in [-0.39, 0.29) is 6.03 Å². The first kappa shape index (κ1) is 15.2. The Labute approximate surface area is 110 Å². The zero-order valence-corrected chi connectivity index (χ0v) is 12.1. The van der Waals surface area contributed by atoms with Crippen molar-refractivity contribution in [2.75, 3.05) is 39.4 Å². The minimum Gasteiger partial charge on any atom is -0.378 e. The maximum Gasteiger partial charge on any atom is 0.317 e. The van der Waals surface area contributed by atoms with E-state index in [9.17, 15) is 4.79 Å². The van der Waals surface area contributed by atoms with E-state index in [0.29, 0.717) is 44.9 Å². The molecule has 2 amide bonds. The van der Waals surface area contributed by atoms with Gasteiger partial charge in [-0.3, -0.25) is 4.90 Å². The van der Waals surface area contributed by atoms with Crippen LogP contribution in [0, 0.1) is 0 Å². The number of carbonyl (C=O) groups excluding carboxylic acids is 1. The Bertz CT molecular complexity index is 243. The third-order valence-corrected chi connectivity index (χ3v) is 3.27. The van der Waals surface area contributed by atoms with Crippen molar-refractivity contribution in [2.45, 2.75) is 39.8 Å². The topological polar surface area (TPSA) is 44.8 Å². The van der Waals surface area contributed by atoms with Gasteiger partial charge in [-0.1, -0.05) is 0 Å². The summed E-state index contributed by atoms with van der Waals surface area (Å²) in [6.07, 6.45) is 0. The summed E-state index contributed by atoms with van der Waals surface area (Å²) in [5.41, 5.74) is 0. The van der Waals surface area contributed by atoms with E-state index in [1.165, 1.54) is 0 Å². The third kappa shape index (κ3) is 4.82. The van der Waals surface area contributed by atoms with Crippen LogP contribution in [0.4, 0.5) is 4.79 Å². The second kappa shape index (κ2) is 7.59. The lowest BCUT2D eigenvalue weighted by Crippen LogP contribution is -2.49. The molecule has 0 atom stereocenters. The summed E-state index contributed by atoms with van der Waals surface area (Å²) in [4.78, 5) is 16.1. The van der Waals surface area contributed by atoms with E-state index < -0.39 is 0 Å². The molecule has 1 rings (SSSR count). The summed E-state index contributed by atoms with van der Waals surface area (Å²) >= 11 is 0. The number of amides is 2. The molecular formula is C13H27N3O2. The highest BCUT2D eigenvalue weighted by Crippen LogP contribution is 2.03. The second-order valence-electron chi connectivity index (χ2n) is 5.26. The maximum atomic E-state index is 11.9. The number of nitrogens with zero attached hydrogens (tertiary/aromatic N) is 2. The molecule has 0 aromatic rings. The first-order valence-electron chi connectivity index (χ1n) is 6.88. The van der Waals surface area contributed by atoms with Crippen LogP contribution in [0.3, 0.4) is 0 Å². The fourth-order valence-corrected chi connectivity index (χ4v) is 2.28. The maximum absolute atomic E-state index is 11.9. The smallest absolute Gasteiger partial charge is 0.317 e. The number of hydrogen-bond donors (Lipinski definition) is 1. The van der Waals surface area contributed by atoms with E-state index in [1.807, 2.05) is 4.90 Å². The lowest BCUT2D eigenvalue weighted by molar-refractivity contribution is 0.0529. The number of morpholine rings is 1. The first-order valence-corrected chi connectivity index (χ1v) is 6.88. The summed E-state index contributed by atoms with van der Waals surface area (Å²) in [5.74, 6) is 0. The third-order valence-electron chi connectivity index (χ3n) is 3.27. The molecule has 0 bridgehead atoms. The van der Waals surface area contributed by atoms with E-state index in [4.69, 9.17) is 4.74 Å². The Morgan fingerprint density at radius 2 is 1.78 bits per heavy atom. The van der Waals surface area contributed by atoms with Crippen LogP contribution in [-0.2, 0) is 4.74 Å². The van der Waals surface area contributed by atoms with Gasteiger partial charge in [0.2, 0.25) is 0 Å². The summed E-state index contributed by atoms with van der Waals surface area (Å²) in [6.45, 7) is 13.0. The van der Waals surface area contributed by atoms with Gasteiger partial charge in [-0.05, 0) is 27.7 Å². The van der Waals surface area contributed by atoms with Crippen LogP contribution < -0.4 is 5.32 Å². The lowest BCUT2D eigenvalue weighted by Gasteiger charge is -2.31. The molecule has 0 aliphatic carbocycles. The average molecular weight is 257 g/mol. The minimum absolute atomic E-state index is 0.0331. The minimum atomic E-state index is 0.0331. The predicted octanol–water partition coefficient (Wildman–Crippen LogP) is 1.15. The zero-order valence-electron chi connectivity index (χ0n) is 12.1. The van der Waals surface area contributed by atoms with Crippen LogP contribution in [0.2, 0.25) is 0 Å². The van der Waals surface area contributed by atoms with Crippen molar-refractivity contribution in [3.63, 3.8) is 0 Å². The Morgan fingerprint density at radius 3 is 2.28 bits per heavy atom. The predicted molar refractivity (Wildman–Crippen MR) is 72.8 cm³/mol. The fraction of sp³-hybridized carbons (Fsp3) is 0.923. The molecule has 1 aliphatic rings. The van der Waals surface area contributed by atoms with Crippen LogP contribution >= 0.6 is 0 Å². The molecule has 0 unspecified atom stereocenters. The van der Waals surface area contributed by atoms with Gasteiger partial charge < -0.3 is 15.0 Å². The highest BCUT2D eigenvalue weighted by Gasteiger charge is 2.17. The van der Waals surface area contributed by atoms with Crippen LogP contribution in [0.1, 0.15) is 27.7 Å². The molecule has 0 spiro atoms. The highest BCUT2D eigenvalue weighted by atomic mass is 16.5. The molecule has 106 valence electrons. The lowest BCUT2D eigenvalue weighted by atomic mass is 10.2. The standard InChI is InChI=1S/C13H27N3O2/c1-11(2)16(12(3)4)6-5-14-13(17)15-7-9-18-10-8-15/h11-12H,5-10H2,1-4H3,(H,14,17). The van der Waals surface area contributed by atoms with Gasteiger partial charge in [0.1, 0.15) is 0 Å². The van der Waals surface area contributed by atoms with Gasteiger partial charge in [-0.25, -0.2) is 4.79 Å². The molecule has 1 N–H and O–H groups in total. The van der Waals surface area contributed by atoms with Crippen molar-refractivity contribution in [1.82, 2.24) is 15.1 Å². The monoisotopic (exact) mass is 257 g/mol. The van der Waals surface area contributed by atoms with E-state index in [0.717, 1.165) is 6.54 Å². The molecule has 5 nitrogen and oxygen atoms in total. The van der Waals surface area contributed by atoms with Gasteiger partial charge in [-0.2, -0.15) is 0 Å². The molecular weight excluding hydrogens is 230 g/mol. The van der Waals surface area contributed by atoms with Crippen LogP contribution in [0.25, 0.3) is 0 Å². The molecule has 1 saturated heterocycles. The Hall–Kier alpha value is -0.810. The SMILES string of the molecule is CC(C)N(CCNC(=O)N1CCOCC1)C(C)C. The molecule has 0 radical (unpaired) electrons. The number of nitrogens with one attached hydrogen (secondary N) is 1. The van der Waals surface area contributed by atoms with Gasteiger partial charge >= 0.3 is 6.03 Å². The van der Waals surface area contributed by atoms with Crippen molar-refractivity contribution in [2.24, 2.45) is 0 Å². The van der Waals surface area contributed by atoms with Gasteiger partial charge in [0, 0.05) is 38.3 Å². The van der Waals surface area contributed by atoms with Gasteiger partial charge in [0.15, 0.2) is 0 Å². The zero-order chi connectivity index (χ0) is 13.5. The summed E-state index contributed by atoms with van der Waals surface area (Å²) in [5, 5.41) is 2.98. The van der Waals surface area contributed by atoms with E-state index in [2.05, 4.69) is 37.9 Å². The van der Waals surface area contributed by atoms with Crippen molar-refractivity contribution in [3.8, 4) is 0 Å². The van der Waals surface area contributed by atoms with Crippen molar-refractivity contribution >= 4 is 6.03 Å². The average Bonchev–Trinajstić information content (AvgIpc) is 2.34. The largest absolute Gasteiger partial charge is 0.378 e. The molecule has 18 heavy (non-hydrogen) atoms. The van der Waals surface area contributed by atoms with Gasteiger partial charge in [-0.15, -0.1) is 0 Å². The Morgan fingerprint density at radius 1 is 1.22 bits per heavy atom. The number of urea groups is 1. The van der Waals surface area contributed by atoms with Crippen LogP contribution in [-0.4, -0.2) is 67.3 Å². The Balaban J connectivity index is 2.25. The number of ether oxygens (including phenoxy) is 1. The van der Waals surface area contributed by atoms with Gasteiger partial charge in [0.05, 0.1) is 13.2 Å². The molecule has 1 heterocycles. The number of rotatable bonds is 5. The first-order chi connectivity index (χ1) is 8.52. The van der Waals surface area contributed by atoms with E-state index >= 15 is 0 Å².